The van der Waals surface area contributed by atoms with E-state index in [1.165, 1.54) is 0 Å². The van der Waals surface area contributed by atoms with Crippen molar-refractivity contribution in [1.29, 1.82) is 0 Å². The Balaban J connectivity index is 5.38. The van der Waals surface area contributed by atoms with Gasteiger partial charge in [-0.15, -0.1) is 19.7 Å². The first-order valence-electron chi connectivity index (χ1n) is 6.82. The first-order chi connectivity index (χ1) is 8.80. The van der Waals surface area contributed by atoms with Crippen LogP contribution in [0.5, 0.6) is 0 Å². The fourth-order valence-corrected chi connectivity index (χ4v) is 4.86. The minimum absolute atomic E-state index is 0.532. The van der Waals surface area contributed by atoms with Crippen molar-refractivity contribution in [1.82, 2.24) is 0 Å². The van der Waals surface area contributed by atoms with Crippen LogP contribution >= 0.6 is 0 Å². The zero-order valence-electron chi connectivity index (χ0n) is 14.1. The molecule has 0 atom stereocenters. The first-order valence-corrected chi connectivity index (χ1v) is 9.04. The van der Waals surface area contributed by atoms with E-state index in [0.717, 1.165) is 0 Å². The number of hydrogen-bond acceptors (Lipinski definition) is 3. The van der Waals surface area contributed by atoms with Crippen LogP contribution in [0.4, 0.5) is 0 Å². The molecule has 0 bridgehead atoms. The van der Waals surface area contributed by atoms with E-state index in [9.17, 15) is 0 Å². The second kappa shape index (κ2) is 6.39. The molecule has 0 aliphatic rings. The van der Waals surface area contributed by atoms with Gasteiger partial charge < -0.3 is 13.3 Å². The largest absolute Gasteiger partial charge is 0.499 e. The predicted octanol–water partition coefficient (Wildman–Crippen LogP) is 4.50. The van der Waals surface area contributed by atoms with Crippen LogP contribution in [-0.4, -0.2) is 25.6 Å². The molecule has 0 aromatic heterocycles. The summed E-state index contributed by atoms with van der Waals surface area (Å²) in [6.07, 6.45) is 5.23. The molecule has 0 amide bonds. The molecule has 0 heterocycles. The van der Waals surface area contributed by atoms with E-state index in [4.69, 9.17) is 13.3 Å². The molecule has 116 valence electrons. The number of rotatable bonds is 9. The highest BCUT2D eigenvalue weighted by atomic mass is 28.4. The van der Waals surface area contributed by atoms with Crippen LogP contribution in [-0.2, 0) is 13.3 Å². The third-order valence-electron chi connectivity index (χ3n) is 2.82. The van der Waals surface area contributed by atoms with Gasteiger partial charge in [-0.1, -0.05) is 18.2 Å². The molecule has 0 saturated heterocycles. The maximum atomic E-state index is 6.13. The summed E-state index contributed by atoms with van der Waals surface area (Å²) < 4.78 is 18.4. The Hall–Kier alpha value is -0.683. The summed E-state index contributed by atoms with van der Waals surface area (Å²) in [6, 6.07) is 0. The molecule has 0 saturated carbocycles. The summed E-state index contributed by atoms with van der Waals surface area (Å²) >= 11 is 0. The minimum atomic E-state index is -2.93. The summed E-state index contributed by atoms with van der Waals surface area (Å²) in [5.41, 5.74) is -1.60. The first kappa shape index (κ1) is 19.3. The monoisotopic (exact) mass is 298 g/mol. The highest BCUT2D eigenvalue weighted by Gasteiger charge is 2.46. The summed E-state index contributed by atoms with van der Waals surface area (Å²) in [6.45, 7) is 24.9. The Morgan fingerprint density at radius 1 is 0.650 bits per heavy atom. The van der Waals surface area contributed by atoms with Gasteiger partial charge in [-0.25, -0.2) is 0 Å². The van der Waals surface area contributed by atoms with Crippen molar-refractivity contribution in [2.75, 3.05) is 0 Å². The van der Waals surface area contributed by atoms with E-state index < -0.39 is 25.6 Å². The van der Waals surface area contributed by atoms with Crippen molar-refractivity contribution < 1.29 is 13.3 Å². The normalized spacial score (nSPS) is 13.9. The molecule has 0 spiro atoms. The van der Waals surface area contributed by atoms with Gasteiger partial charge in [0.1, 0.15) is 0 Å². The van der Waals surface area contributed by atoms with E-state index in [1.54, 1.807) is 18.2 Å². The molecule has 3 nitrogen and oxygen atoms in total. The maximum absolute atomic E-state index is 6.13. The predicted molar refractivity (Wildman–Crippen MR) is 87.7 cm³/mol. The van der Waals surface area contributed by atoms with E-state index in [2.05, 4.69) is 19.7 Å². The quantitative estimate of drug-likeness (QED) is 0.463. The molecule has 0 N–H and O–H groups in total. The molecule has 0 aliphatic heterocycles. The number of hydrogen-bond donors (Lipinski definition) is 0. The zero-order valence-corrected chi connectivity index (χ0v) is 15.1. The van der Waals surface area contributed by atoms with Crippen LogP contribution in [0.2, 0.25) is 6.55 Å². The van der Waals surface area contributed by atoms with Gasteiger partial charge in [0, 0.05) is 6.55 Å². The van der Waals surface area contributed by atoms with Gasteiger partial charge in [0.2, 0.25) is 0 Å². The molecular weight excluding hydrogens is 268 g/mol. The molecule has 0 fully saturated rings. The molecule has 0 aromatic rings. The topological polar surface area (TPSA) is 27.7 Å². The lowest BCUT2D eigenvalue weighted by Crippen LogP contribution is -2.55. The summed E-state index contributed by atoms with van der Waals surface area (Å²) in [4.78, 5) is 0. The fourth-order valence-electron chi connectivity index (χ4n) is 1.62. The molecule has 0 rings (SSSR count). The molecule has 20 heavy (non-hydrogen) atoms. The molecule has 4 heteroatoms. The average molecular weight is 298 g/mol. The van der Waals surface area contributed by atoms with E-state index in [0.29, 0.717) is 0 Å². The van der Waals surface area contributed by atoms with Crippen LogP contribution in [0.25, 0.3) is 0 Å². The molecule has 0 aromatic carbocycles. The minimum Gasteiger partial charge on any atom is -0.365 e. The summed E-state index contributed by atoms with van der Waals surface area (Å²) in [5.74, 6) is 0. The van der Waals surface area contributed by atoms with Gasteiger partial charge in [-0.2, -0.15) is 0 Å². The lowest BCUT2D eigenvalue weighted by molar-refractivity contribution is -0.0494. The van der Waals surface area contributed by atoms with E-state index in [1.807, 2.05) is 48.1 Å². The summed E-state index contributed by atoms with van der Waals surface area (Å²) in [5, 5.41) is 0. The lowest BCUT2D eigenvalue weighted by Gasteiger charge is -2.41. The molecule has 0 unspecified atom stereocenters. The smallest absolute Gasteiger partial charge is 0.365 e. The Morgan fingerprint density at radius 2 is 0.850 bits per heavy atom. The second-order valence-corrected chi connectivity index (χ2v) is 8.93. The van der Waals surface area contributed by atoms with Crippen LogP contribution < -0.4 is 0 Å². The third-order valence-corrected chi connectivity index (χ3v) is 5.51. The highest BCUT2D eigenvalue weighted by Crippen LogP contribution is 2.30. The van der Waals surface area contributed by atoms with Crippen molar-refractivity contribution >= 4 is 8.80 Å². The Bertz CT molecular complexity index is 315. The van der Waals surface area contributed by atoms with Crippen molar-refractivity contribution in [3.8, 4) is 0 Å². The SMILES string of the molecule is C=CC(C)(C)O[Si](C)(OC(C)(C)C=C)OC(C)(C)C=C. The van der Waals surface area contributed by atoms with Gasteiger partial charge in [0.25, 0.3) is 0 Å². The van der Waals surface area contributed by atoms with Crippen LogP contribution in [0, 0.1) is 0 Å². The van der Waals surface area contributed by atoms with Crippen molar-refractivity contribution in [3.05, 3.63) is 38.0 Å². The van der Waals surface area contributed by atoms with Gasteiger partial charge in [-0.05, 0) is 41.5 Å². The van der Waals surface area contributed by atoms with Crippen LogP contribution in [0.15, 0.2) is 38.0 Å². The van der Waals surface area contributed by atoms with E-state index >= 15 is 0 Å². The zero-order chi connectivity index (χ0) is 16.2. The van der Waals surface area contributed by atoms with Crippen molar-refractivity contribution in [3.63, 3.8) is 0 Å². The van der Waals surface area contributed by atoms with Crippen molar-refractivity contribution in [2.45, 2.75) is 64.9 Å². The Morgan fingerprint density at radius 3 is 1.00 bits per heavy atom. The Kier molecular flexibility index (Phi) is 6.17. The average Bonchev–Trinajstić information content (AvgIpc) is 2.26. The van der Waals surface area contributed by atoms with Gasteiger partial charge >= 0.3 is 8.80 Å². The highest BCUT2D eigenvalue weighted by molar-refractivity contribution is 6.59. The third kappa shape index (κ3) is 6.66. The van der Waals surface area contributed by atoms with Crippen LogP contribution in [0.3, 0.4) is 0 Å². The van der Waals surface area contributed by atoms with Gasteiger partial charge in [0.15, 0.2) is 0 Å². The molecule has 0 aliphatic carbocycles. The lowest BCUT2D eigenvalue weighted by atomic mass is 10.1. The summed E-state index contributed by atoms with van der Waals surface area (Å²) in [7, 11) is -2.93. The van der Waals surface area contributed by atoms with Gasteiger partial charge in [-0.3, -0.25) is 0 Å². The maximum Gasteiger partial charge on any atom is 0.499 e. The fraction of sp³-hybridized carbons (Fsp3) is 0.625. The standard InChI is InChI=1S/C16H30O3Si/c1-11-14(4,5)17-20(10,18-15(6,7)12-2)19-16(8,9)13-3/h11-13H,1-3H2,4-10H3. The van der Waals surface area contributed by atoms with Gasteiger partial charge in [0.05, 0.1) is 16.8 Å². The Labute approximate surface area is 125 Å². The van der Waals surface area contributed by atoms with Crippen molar-refractivity contribution in [2.24, 2.45) is 0 Å². The molecular formula is C16H30O3Si. The van der Waals surface area contributed by atoms with E-state index in [-0.39, 0.29) is 0 Å². The second-order valence-electron chi connectivity index (χ2n) is 6.59. The van der Waals surface area contributed by atoms with Crippen LogP contribution in [0.1, 0.15) is 41.5 Å². The molecule has 0 radical (unpaired) electrons.